The fourth-order valence-electron chi connectivity index (χ4n) is 4.98. The van der Waals surface area contributed by atoms with Gasteiger partial charge in [-0.3, -0.25) is 4.79 Å². The van der Waals surface area contributed by atoms with Crippen LogP contribution in [-0.2, 0) is 12.8 Å². The maximum Gasteiger partial charge on any atom is 0.258 e. The quantitative estimate of drug-likeness (QED) is 0.409. The molecule has 0 aliphatic carbocycles. The van der Waals surface area contributed by atoms with Crippen LogP contribution in [0.25, 0.3) is 0 Å². The van der Waals surface area contributed by atoms with Crippen molar-refractivity contribution in [2.75, 3.05) is 22.9 Å². The highest BCUT2D eigenvalue weighted by Gasteiger charge is 2.33. The number of aryl methyl sites for hydroxylation is 1. The molecular formula is C25H20Cl2N2O2. The molecule has 0 radical (unpaired) electrons. The Morgan fingerprint density at radius 2 is 1.74 bits per heavy atom. The molecule has 3 aliphatic heterocycles. The maximum atomic E-state index is 13.4. The number of nitrogens with zero attached hydrogens (tertiary/aromatic N) is 2. The zero-order valence-corrected chi connectivity index (χ0v) is 18.3. The minimum Gasteiger partial charge on any atom is -0.451 e. The number of hydrogen-bond acceptors (Lipinski definition) is 3. The van der Waals surface area contributed by atoms with Gasteiger partial charge in [0.1, 0.15) is 0 Å². The highest BCUT2D eigenvalue weighted by atomic mass is 35.5. The van der Waals surface area contributed by atoms with Crippen molar-refractivity contribution < 1.29 is 9.53 Å². The molecule has 0 saturated carbocycles. The Hall–Kier alpha value is -2.69. The summed E-state index contributed by atoms with van der Waals surface area (Å²) in [6.45, 7) is 1.58. The third kappa shape index (κ3) is 2.93. The predicted molar refractivity (Wildman–Crippen MR) is 125 cm³/mol. The molecular weight excluding hydrogens is 431 g/mol. The first-order valence-corrected chi connectivity index (χ1v) is 11.4. The van der Waals surface area contributed by atoms with E-state index < -0.39 is 0 Å². The van der Waals surface area contributed by atoms with E-state index in [0.717, 1.165) is 61.4 Å². The van der Waals surface area contributed by atoms with Crippen LogP contribution in [0.2, 0.25) is 10.0 Å². The summed E-state index contributed by atoms with van der Waals surface area (Å²) >= 11 is 13.0. The summed E-state index contributed by atoms with van der Waals surface area (Å²) in [5, 5.41) is 1.17. The lowest BCUT2D eigenvalue weighted by Crippen LogP contribution is -2.35. The van der Waals surface area contributed by atoms with Crippen LogP contribution in [0.5, 0.6) is 11.5 Å². The molecule has 6 rings (SSSR count). The van der Waals surface area contributed by atoms with Crippen molar-refractivity contribution in [2.24, 2.45) is 0 Å². The van der Waals surface area contributed by atoms with E-state index in [1.165, 1.54) is 5.56 Å². The predicted octanol–water partition coefficient (Wildman–Crippen LogP) is 6.78. The van der Waals surface area contributed by atoms with E-state index in [4.69, 9.17) is 27.9 Å². The number of benzene rings is 3. The molecule has 0 spiro atoms. The molecule has 0 saturated heterocycles. The van der Waals surface area contributed by atoms with Crippen LogP contribution >= 0.6 is 23.2 Å². The summed E-state index contributed by atoms with van der Waals surface area (Å²) in [5.41, 5.74) is 5.81. The van der Waals surface area contributed by atoms with Gasteiger partial charge in [0.2, 0.25) is 0 Å². The van der Waals surface area contributed by atoms with Gasteiger partial charge >= 0.3 is 0 Å². The fourth-order valence-corrected chi connectivity index (χ4v) is 5.56. The number of hydrogen-bond donors (Lipinski definition) is 0. The lowest BCUT2D eigenvalue weighted by atomic mass is 9.97. The van der Waals surface area contributed by atoms with E-state index in [1.807, 2.05) is 41.3 Å². The van der Waals surface area contributed by atoms with Gasteiger partial charge in [0.05, 0.1) is 16.4 Å². The minimum atomic E-state index is -0.00844. The van der Waals surface area contributed by atoms with Crippen molar-refractivity contribution >= 4 is 46.2 Å². The number of fused-ring (bicyclic) bond motifs is 3. The number of para-hydroxylation sites is 1. The SMILES string of the molecule is O=C(c1ccc2c(c1)Oc1c(Cl)cc(Cl)c3c1N2CCC3)N1CCCc2ccccc21. The third-order valence-corrected chi connectivity index (χ3v) is 7.02. The van der Waals surface area contributed by atoms with Gasteiger partial charge in [0.25, 0.3) is 5.91 Å². The lowest BCUT2D eigenvalue weighted by molar-refractivity contribution is 0.0985. The molecule has 3 aromatic rings. The minimum absolute atomic E-state index is 0.00844. The van der Waals surface area contributed by atoms with Crippen molar-refractivity contribution in [2.45, 2.75) is 25.7 Å². The van der Waals surface area contributed by atoms with Gasteiger partial charge in [0.15, 0.2) is 11.5 Å². The van der Waals surface area contributed by atoms with E-state index in [2.05, 4.69) is 11.0 Å². The summed E-state index contributed by atoms with van der Waals surface area (Å²) < 4.78 is 6.25. The first-order chi connectivity index (χ1) is 15.1. The van der Waals surface area contributed by atoms with Crippen LogP contribution in [0.4, 0.5) is 17.1 Å². The molecule has 1 amide bonds. The number of anilines is 3. The standard InChI is InChI=1S/C25H20Cl2N2O2/c26-18-14-19(27)24-23-17(18)7-4-11-28(23)21-10-9-16(13-22(21)31-24)25(30)29-12-3-6-15-5-1-2-8-20(15)29/h1-2,5,8-10,13-14H,3-4,6-7,11-12H2. The Balaban J connectivity index is 1.41. The molecule has 0 fully saturated rings. The zero-order chi connectivity index (χ0) is 21.1. The molecule has 3 heterocycles. The molecule has 0 atom stereocenters. The van der Waals surface area contributed by atoms with Gasteiger partial charge in [-0.05, 0) is 67.1 Å². The Bertz CT molecular complexity index is 1240. The summed E-state index contributed by atoms with van der Waals surface area (Å²) in [6.07, 6.45) is 3.86. The van der Waals surface area contributed by atoms with Crippen LogP contribution in [0.1, 0.15) is 34.3 Å². The van der Waals surface area contributed by atoms with Gasteiger partial charge in [-0.15, -0.1) is 0 Å². The monoisotopic (exact) mass is 450 g/mol. The highest BCUT2D eigenvalue weighted by molar-refractivity contribution is 6.37. The first kappa shape index (κ1) is 19.0. The molecule has 156 valence electrons. The Morgan fingerprint density at radius 3 is 2.65 bits per heavy atom. The number of carbonyl (C=O) groups is 1. The molecule has 6 heteroatoms. The molecule has 0 N–H and O–H groups in total. The second-order valence-corrected chi connectivity index (χ2v) is 9.04. The molecule has 3 aliphatic rings. The van der Waals surface area contributed by atoms with E-state index in [-0.39, 0.29) is 5.91 Å². The van der Waals surface area contributed by atoms with Crippen LogP contribution in [-0.4, -0.2) is 19.0 Å². The molecule has 31 heavy (non-hydrogen) atoms. The van der Waals surface area contributed by atoms with Gasteiger partial charge in [-0.2, -0.15) is 0 Å². The Morgan fingerprint density at radius 1 is 0.903 bits per heavy atom. The van der Waals surface area contributed by atoms with Crippen LogP contribution in [0.3, 0.4) is 0 Å². The van der Waals surface area contributed by atoms with Crippen LogP contribution in [0.15, 0.2) is 48.5 Å². The lowest BCUT2D eigenvalue weighted by Gasteiger charge is -2.38. The third-order valence-electron chi connectivity index (χ3n) is 6.40. The number of carbonyl (C=O) groups excluding carboxylic acids is 1. The van der Waals surface area contributed by atoms with Gasteiger partial charge < -0.3 is 14.5 Å². The number of ether oxygens (including phenoxy) is 1. The van der Waals surface area contributed by atoms with E-state index in [9.17, 15) is 4.79 Å². The normalized spacial score (nSPS) is 16.2. The average molecular weight is 451 g/mol. The second-order valence-electron chi connectivity index (χ2n) is 8.23. The number of rotatable bonds is 1. The second kappa shape index (κ2) is 7.18. The van der Waals surface area contributed by atoms with E-state index in [1.54, 1.807) is 6.07 Å². The van der Waals surface area contributed by atoms with Crippen molar-refractivity contribution in [1.82, 2.24) is 0 Å². The zero-order valence-electron chi connectivity index (χ0n) is 16.8. The van der Waals surface area contributed by atoms with Crippen molar-refractivity contribution in [3.8, 4) is 11.5 Å². The smallest absolute Gasteiger partial charge is 0.258 e. The maximum absolute atomic E-state index is 13.4. The van der Waals surface area contributed by atoms with Gasteiger partial charge in [-0.25, -0.2) is 0 Å². The molecule has 0 unspecified atom stereocenters. The van der Waals surface area contributed by atoms with Crippen molar-refractivity contribution in [1.29, 1.82) is 0 Å². The largest absolute Gasteiger partial charge is 0.451 e. The molecule has 4 nitrogen and oxygen atoms in total. The summed E-state index contributed by atoms with van der Waals surface area (Å²) in [7, 11) is 0. The van der Waals surface area contributed by atoms with E-state index >= 15 is 0 Å². The average Bonchev–Trinajstić information content (AvgIpc) is 2.81. The molecule has 3 aromatic carbocycles. The Kier molecular flexibility index (Phi) is 4.41. The summed E-state index contributed by atoms with van der Waals surface area (Å²) in [4.78, 5) is 17.5. The number of amides is 1. The van der Waals surface area contributed by atoms with E-state index in [0.29, 0.717) is 27.1 Å². The highest BCUT2D eigenvalue weighted by Crippen LogP contribution is 2.54. The fraction of sp³-hybridized carbons (Fsp3) is 0.240. The van der Waals surface area contributed by atoms with Crippen molar-refractivity contribution in [3.05, 3.63) is 75.3 Å². The number of halogens is 2. The molecule has 0 bridgehead atoms. The summed E-state index contributed by atoms with van der Waals surface area (Å²) in [5.74, 6) is 1.27. The topological polar surface area (TPSA) is 32.8 Å². The molecule has 0 aromatic heterocycles. The van der Waals surface area contributed by atoms with Crippen LogP contribution in [0, 0.1) is 0 Å². The van der Waals surface area contributed by atoms with Gasteiger partial charge in [0, 0.05) is 29.4 Å². The first-order valence-electron chi connectivity index (χ1n) is 10.6. The van der Waals surface area contributed by atoms with Crippen molar-refractivity contribution in [3.63, 3.8) is 0 Å². The summed E-state index contributed by atoms with van der Waals surface area (Å²) in [6, 6.07) is 15.6. The van der Waals surface area contributed by atoms with Gasteiger partial charge in [-0.1, -0.05) is 41.4 Å². The Labute approximate surface area is 190 Å². The van der Waals surface area contributed by atoms with Crippen LogP contribution < -0.4 is 14.5 Å².